The van der Waals surface area contributed by atoms with Gasteiger partial charge in [-0.25, -0.2) is 4.68 Å². The summed E-state index contributed by atoms with van der Waals surface area (Å²) in [5.74, 6) is -0.340. The van der Waals surface area contributed by atoms with E-state index in [4.69, 9.17) is 21.4 Å². The van der Waals surface area contributed by atoms with Crippen LogP contribution in [0.1, 0.15) is 5.69 Å². The van der Waals surface area contributed by atoms with Crippen LogP contribution in [-0.4, -0.2) is 28.0 Å². The molecule has 5 nitrogen and oxygen atoms in total. The van der Waals surface area contributed by atoms with Crippen molar-refractivity contribution in [3.8, 4) is 11.4 Å². The van der Waals surface area contributed by atoms with Crippen molar-refractivity contribution in [2.75, 3.05) is 7.11 Å². The summed E-state index contributed by atoms with van der Waals surface area (Å²) in [6.45, 7) is 0. The van der Waals surface area contributed by atoms with Crippen molar-refractivity contribution in [2.45, 2.75) is 6.42 Å². The monoisotopic (exact) mass is 266 g/mol. The van der Waals surface area contributed by atoms with Crippen LogP contribution in [0.15, 0.2) is 30.5 Å². The number of aromatic nitrogens is 2. The molecular formula is C12H11ClN2O3. The molecule has 1 heterocycles. The summed E-state index contributed by atoms with van der Waals surface area (Å²) in [7, 11) is 1.53. The molecule has 0 radical (unpaired) electrons. The van der Waals surface area contributed by atoms with Crippen LogP contribution in [0, 0.1) is 0 Å². The molecule has 0 bridgehead atoms. The van der Waals surface area contributed by atoms with Gasteiger partial charge < -0.3 is 9.84 Å². The van der Waals surface area contributed by atoms with Gasteiger partial charge >= 0.3 is 5.97 Å². The third kappa shape index (κ3) is 2.46. The fourth-order valence-corrected chi connectivity index (χ4v) is 1.83. The van der Waals surface area contributed by atoms with E-state index in [1.165, 1.54) is 11.8 Å². The normalized spacial score (nSPS) is 10.3. The van der Waals surface area contributed by atoms with Crippen molar-refractivity contribution in [3.63, 3.8) is 0 Å². The lowest BCUT2D eigenvalue weighted by molar-refractivity contribution is -0.136. The molecule has 1 N–H and O–H groups in total. The van der Waals surface area contributed by atoms with Gasteiger partial charge in [0, 0.05) is 11.2 Å². The number of nitrogens with zero attached hydrogens (tertiary/aromatic N) is 2. The van der Waals surface area contributed by atoms with Gasteiger partial charge in [0.25, 0.3) is 0 Å². The molecule has 0 spiro atoms. The average Bonchev–Trinajstić information content (AvgIpc) is 2.76. The topological polar surface area (TPSA) is 64.4 Å². The number of ether oxygens (including phenoxy) is 1. The Labute approximate surface area is 109 Å². The van der Waals surface area contributed by atoms with Gasteiger partial charge in [0.2, 0.25) is 0 Å². The summed E-state index contributed by atoms with van der Waals surface area (Å²) in [5, 5.41) is 13.5. The molecule has 0 atom stereocenters. The molecule has 0 aliphatic carbocycles. The molecule has 0 aliphatic heterocycles. The lowest BCUT2D eigenvalue weighted by atomic mass is 10.2. The minimum Gasteiger partial charge on any atom is -0.494 e. The quantitative estimate of drug-likeness (QED) is 0.921. The van der Waals surface area contributed by atoms with Crippen LogP contribution in [-0.2, 0) is 11.2 Å². The van der Waals surface area contributed by atoms with Crippen molar-refractivity contribution in [2.24, 2.45) is 0 Å². The lowest BCUT2D eigenvalue weighted by Gasteiger charge is -2.11. The highest BCUT2D eigenvalue weighted by Crippen LogP contribution is 2.26. The van der Waals surface area contributed by atoms with Gasteiger partial charge in [-0.3, -0.25) is 4.79 Å². The zero-order chi connectivity index (χ0) is 13.1. The maximum atomic E-state index is 10.8. The number of carbonyl (C=O) groups is 1. The average molecular weight is 267 g/mol. The number of aliphatic carboxylic acids is 1. The smallest absolute Gasteiger partial charge is 0.309 e. The van der Waals surface area contributed by atoms with Crippen LogP contribution < -0.4 is 4.74 Å². The largest absolute Gasteiger partial charge is 0.494 e. The summed E-state index contributed by atoms with van der Waals surface area (Å²) in [6.07, 6.45) is 1.42. The Morgan fingerprint density at radius 2 is 2.28 bits per heavy atom. The zero-order valence-electron chi connectivity index (χ0n) is 9.63. The van der Waals surface area contributed by atoms with E-state index in [0.717, 1.165) is 0 Å². The van der Waals surface area contributed by atoms with Gasteiger partial charge in [-0.2, -0.15) is 5.10 Å². The highest BCUT2D eigenvalue weighted by atomic mass is 35.5. The van der Waals surface area contributed by atoms with Crippen LogP contribution in [0.4, 0.5) is 0 Å². The van der Waals surface area contributed by atoms with E-state index in [0.29, 0.717) is 22.2 Å². The van der Waals surface area contributed by atoms with Gasteiger partial charge in [-0.1, -0.05) is 11.6 Å². The Morgan fingerprint density at radius 3 is 2.94 bits per heavy atom. The van der Waals surface area contributed by atoms with E-state index in [1.54, 1.807) is 30.5 Å². The Kier molecular flexibility index (Phi) is 3.53. The number of carboxylic acid groups (broad SMARTS) is 1. The third-order valence-corrected chi connectivity index (χ3v) is 2.66. The third-order valence-electron chi connectivity index (χ3n) is 2.42. The second-order valence-corrected chi connectivity index (χ2v) is 4.06. The van der Waals surface area contributed by atoms with E-state index in [1.807, 2.05) is 0 Å². The molecule has 1 aromatic heterocycles. The van der Waals surface area contributed by atoms with Crippen molar-refractivity contribution in [3.05, 3.63) is 41.2 Å². The van der Waals surface area contributed by atoms with Crippen LogP contribution >= 0.6 is 11.6 Å². The molecule has 2 rings (SSSR count). The van der Waals surface area contributed by atoms with Crippen molar-refractivity contribution in [1.29, 1.82) is 0 Å². The van der Waals surface area contributed by atoms with Gasteiger partial charge in [-0.15, -0.1) is 0 Å². The first-order chi connectivity index (χ1) is 8.61. The molecule has 0 unspecified atom stereocenters. The number of benzene rings is 1. The van der Waals surface area contributed by atoms with E-state index in [2.05, 4.69) is 5.10 Å². The Bertz CT molecular complexity index is 580. The van der Waals surface area contributed by atoms with E-state index < -0.39 is 5.97 Å². The molecule has 6 heteroatoms. The summed E-state index contributed by atoms with van der Waals surface area (Å²) >= 11 is 5.94. The zero-order valence-corrected chi connectivity index (χ0v) is 10.4. The standard InChI is InChI=1S/C12H11ClN2O3/c1-18-11-3-2-8(13)6-10(11)15-9(4-5-14-15)7-12(16)17/h2-6H,7H2,1H3,(H,16,17). The molecule has 0 fully saturated rings. The van der Waals surface area contributed by atoms with Crippen LogP contribution in [0.5, 0.6) is 5.75 Å². The van der Waals surface area contributed by atoms with Crippen LogP contribution in [0.2, 0.25) is 5.02 Å². The SMILES string of the molecule is COc1ccc(Cl)cc1-n1nccc1CC(=O)O. The molecule has 1 aromatic carbocycles. The Balaban J connectivity index is 2.51. The number of hydrogen-bond donors (Lipinski definition) is 1. The molecular weight excluding hydrogens is 256 g/mol. The highest BCUT2D eigenvalue weighted by Gasteiger charge is 2.13. The maximum absolute atomic E-state index is 10.8. The number of halogens is 1. The molecule has 18 heavy (non-hydrogen) atoms. The van der Waals surface area contributed by atoms with Crippen LogP contribution in [0.25, 0.3) is 5.69 Å². The Morgan fingerprint density at radius 1 is 1.50 bits per heavy atom. The number of hydrogen-bond acceptors (Lipinski definition) is 3. The summed E-state index contributed by atoms with van der Waals surface area (Å²) in [5.41, 5.74) is 1.18. The predicted octanol–water partition coefficient (Wildman–Crippen LogP) is 2.16. The number of rotatable bonds is 4. The van der Waals surface area contributed by atoms with Gasteiger partial charge in [0.15, 0.2) is 0 Å². The molecule has 94 valence electrons. The van der Waals surface area contributed by atoms with Crippen molar-refractivity contribution < 1.29 is 14.6 Å². The first kappa shape index (κ1) is 12.4. The molecule has 0 aliphatic rings. The summed E-state index contributed by atoms with van der Waals surface area (Å²) < 4.78 is 6.73. The molecule has 0 saturated carbocycles. The van der Waals surface area contributed by atoms with E-state index in [9.17, 15) is 4.79 Å². The van der Waals surface area contributed by atoms with E-state index in [-0.39, 0.29) is 6.42 Å². The van der Waals surface area contributed by atoms with Gasteiger partial charge in [-0.05, 0) is 24.3 Å². The first-order valence-corrected chi connectivity index (χ1v) is 5.58. The first-order valence-electron chi connectivity index (χ1n) is 5.20. The fourth-order valence-electron chi connectivity index (χ4n) is 1.67. The Hall–Kier alpha value is -2.01. The van der Waals surface area contributed by atoms with Crippen LogP contribution in [0.3, 0.4) is 0 Å². The minimum atomic E-state index is -0.919. The van der Waals surface area contributed by atoms with Crippen molar-refractivity contribution in [1.82, 2.24) is 9.78 Å². The van der Waals surface area contributed by atoms with Crippen molar-refractivity contribution >= 4 is 17.6 Å². The highest BCUT2D eigenvalue weighted by molar-refractivity contribution is 6.30. The second kappa shape index (κ2) is 5.10. The number of methoxy groups -OCH3 is 1. The summed E-state index contributed by atoms with van der Waals surface area (Å²) in [4.78, 5) is 10.8. The molecule has 0 saturated heterocycles. The minimum absolute atomic E-state index is 0.115. The summed E-state index contributed by atoms with van der Waals surface area (Å²) in [6, 6.07) is 6.74. The second-order valence-electron chi connectivity index (χ2n) is 3.62. The fraction of sp³-hybridized carbons (Fsp3) is 0.167. The predicted molar refractivity (Wildman–Crippen MR) is 66.5 cm³/mol. The molecule has 2 aromatic rings. The van der Waals surface area contributed by atoms with E-state index >= 15 is 0 Å². The van der Waals surface area contributed by atoms with Gasteiger partial charge in [0.05, 0.1) is 19.2 Å². The number of carboxylic acids is 1. The lowest BCUT2D eigenvalue weighted by Crippen LogP contribution is -2.09. The van der Waals surface area contributed by atoms with Gasteiger partial charge in [0.1, 0.15) is 11.4 Å². The molecule has 0 amide bonds. The maximum Gasteiger partial charge on any atom is 0.309 e.